The molecule has 6 nitrogen and oxygen atoms in total. The maximum Gasteiger partial charge on any atom is 0.306 e. The van der Waals surface area contributed by atoms with E-state index in [0.717, 1.165) is 109 Å². The van der Waals surface area contributed by atoms with Crippen molar-refractivity contribution in [1.29, 1.82) is 0 Å². The van der Waals surface area contributed by atoms with Crippen LogP contribution in [-0.4, -0.2) is 37.2 Å². The highest BCUT2D eigenvalue weighted by molar-refractivity contribution is 5.71. The Bertz CT molecular complexity index is 1180. The fraction of sp³-hybridized carbons (Fsp3) is 0.732. The van der Waals surface area contributed by atoms with Crippen molar-refractivity contribution < 1.29 is 28.6 Å². The molecule has 0 aliphatic carbocycles. The Hall–Kier alpha value is -3.15. The van der Waals surface area contributed by atoms with E-state index in [-0.39, 0.29) is 31.1 Å². The van der Waals surface area contributed by atoms with Crippen LogP contribution in [0.2, 0.25) is 0 Å². The predicted molar refractivity (Wildman–Crippen MR) is 265 cm³/mol. The van der Waals surface area contributed by atoms with Crippen LogP contribution < -0.4 is 0 Å². The Labute approximate surface area is 382 Å². The van der Waals surface area contributed by atoms with Gasteiger partial charge in [-0.15, -0.1) is 0 Å². The maximum atomic E-state index is 12.8. The van der Waals surface area contributed by atoms with Gasteiger partial charge in [0.15, 0.2) is 6.10 Å². The van der Waals surface area contributed by atoms with Crippen molar-refractivity contribution in [2.24, 2.45) is 0 Å². The highest BCUT2D eigenvalue weighted by Crippen LogP contribution is 2.13. The second-order valence-electron chi connectivity index (χ2n) is 17.1. The van der Waals surface area contributed by atoms with E-state index >= 15 is 0 Å². The molecule has 0 rings (SSSR count). The van der Waals surface area contributed by atoms with Crippen molar-refractivity contribution in [1.82, 2.24) is 0 Å². The standard InChI is InChI=1S/C56H96O6/c1-4-7-10-13-16-19-22-24-26-27-28-29-30-32-34-37-40-43-46-49-55(58)61-52-53(51-60-54(57)48-45-42-39-36-33-21-18-15-12-9-6-3)62-56(59)50-47-44-41-38-35-31-25-23-20-17-14-11-8-5-2/h14-19,23-26,28-29,53H,4-13,20-22,27,30-52H2,1-3H3/b17-14-,18-15-,19-16-,25-23-,26-24-,29-28-. The minimum Gasteiger partial charge on any atom is -0.462 e. The van der Waals surface area contributed by atoms with Crippen molar-refractivity contribution in [3.63, 3.8) is 0 Å². The van der Waals surface area contributed by atoms with E-state index < -0.39 is 6.10 Å². The van der Waals surface area contributed by atoms with Gasteiger partial charge in [0, 0.05) is 19.3 Å². The van der Waals surface area contributed by atoms with Gasteiger partial charge in [0.1, 0.15) is 13.2 Å². The van der Waals surface area contributed by atoms with Crippen LogP contribution in [0.3, 0.4) is 0 Å². The molecule has 62 heavy (non-hydrogen) atoms. The zero-order valence-electron chi connectivity index (χ0n) is 40.6. The molecular weight excluding hydrogens is 769 g/mol. The number of esters is 3. The zero-order valence-corrected chi connectivity index (χ0v) is 40.6. The van der Waals surface area contributed by atoms with Gasteiger partial charge in [-0.3, -0.25) is 14.4 Å². The molecule has 0 aromatic carbocycles. The highest BCUT2D eigenvalue weighted by Gasteiger charge is 2.19. The maximum absolute atomic E-state index is 12.8. The number of hydrogen-bond donors (Lipinski definition) is 0. The zero-order chi connectivity index (χ0) is 45.1. The van der Waals surface area contributed by atoms with E-state index in [9.17, 15) is 14.4 Å². The monoisotopic (exact) mass is 865 g/mol. The first-order valence-corrected chi connectivity index (χ1v) is 25.9. The van der Waals surface area contributed by atoms with Crippen LogP contribution in [0.25, 0.3) is 0 Å². The summed E-state index contributed by atoms with van der Waals surface area (Å²) < 4.78 is 16.8. The average Bonchev–Trinajstić information content (AvgIpc) is 3.27. The lowest BCUT2D eigenvalue weighted by atomic mass is 10.1. The van der Waals surface area contributed by atoms with Crippen LogP contribution in [0.1, 0.15) is 245 Å². The molecule has 0 fully saturated rings. The third-order valence-corrected chi connectivity index (χ3v) is 10.9. The third-order valence-electron chi connectivity index (χ3n) is 10.9. The first-order chi connectivity index (χ1) is 30.5. The summed E-state index contributed by atoms with van der Waals surface area (Å²) in [5, 5.41) is 0. The number of hydrogen-bond acceptors (Lipinski definition) is 6. The topological polar surface area (TPSA) is 78.9 Å². The summed E-state index contributed by atoms with van der Waals surface area (Å²) in [4.78, 5) is 37.9. The summed E-state index contributed by atoms with van der Waals surface area (Å²) in [6.07, 6.45) is 63.1. The molecule has 0 saturated carbocycles. The lowest BCUT2D eigenvalue weighted by molar-refractivity contribution is -0.167. The smallest absolute Gasteiger partial charge is 0.306 e. The van der Waals surface area contributed by atoms with E-state index in [1.807, 2.05) is 0 Å². The molecule has 0 aromatic heterocycles. The summed E-state index contributed by atoms with van der Waals surface area (Å²) >= 11 is 0. The molecule has 1 unspecified atom stereocenters. The largest absolute Gasteiger partial charge is 0.462 e. The quantitative estimate of drug-likeness (QED) is 0.0262. The van der Waals surface area contributed by atoms with E-state index in [1.165, 1.54) is 96.3 Å². The third kappa shape index (κ3) is 47.9. The van der Waals surface area contributed by atoms with Crippen molar-refractivity contribution >= 4 is 17.9 Å². The van der Waals surface area contributed by atoms with Crippen LogP contribution >= 0.6 is 0 Å². The van der Waals surface area contributed by atoms with Crippen molar-refractivity contribution in [2.45, 2.75) is 252 Å². The predicted octanol–water partition coefficient (Wildman–Crippen LogP) is 17.0. The average molecular weight is 865 g/mol. The number of unbranched alkanes of at least 4 members (excludes halogenated alkanes) is 23. The number of carbonyl (C=O) groups is 3. The number of ether oxygens (including phenoxy) is 3. The van der Waals surface area contributed by atoms with Gasteiger partial charge in [-0.2, -0.15) is 0 Å². The van der Waals surface area contributed by atoms with Crippen molar-refractivity contribution in [3.05, 3.63) is 72.9 Å². The normalized spacial score (nSPS) is 12.6. The molecule has 0 amide bonds. The first-order valence-electron chi connectivity index (χ1n) is 25.9. The number of allylic oxidation sites excluding steroid dienone is 12. The summed E-state index contributed by atoms with van der Waals surface area (Å²) in [7, 11) is 0. The van der Waals surface area contributed by atoms with Crippen LogP contribution in [0, 0.1) is 0 Å². The van der Waals surface area contributed by atoms with Crippen molar-refractivity contribution in [3.8, 4) is 0 Å². The second-order valence-corrected chi connectivity index (χ2v) is 17.1. The van der Waals surface area contributed by atoms with E-state index in [0.29, 0.717) is 19.3 Å². The summed E-state index contributed by atoms with van der Waals surface area (Å²) in [6, 6.07) is 0. The Morgan fingerprint density at radius 1 is 0.323 bits per heavy atom. The second kappa shape index (κ2) is 50.5. The number of rotatable bonds is 46. The minimum atomic E-state index is -0.790. The number of carbonyl (C=O) groups excluding carboxylic acids is 3. The molecule has 6 heteroatoms. The van der Waals surface area contributed by atoms with Gasteiger partial charge in [-0.25, -0.2) is 0 Å². The van der Waals surface area contributed by atoms with Gasteiger partial charge in [0.2, 0.25) is 0 Å². The van der Waals surface area contributed by atoms with Gasteiger partial charge in [-0.05, 0) is 103 Å². The van der Waals surface area contributed by atoms with Gasteiger partial charge in [0.25, 0.3) is 0 Å². The van der Waals surface area contributed by atoms with Gasteiger partial charge in [-0.1, -0.05) is 196 Å². The molecule has 356 valence electrons. The van der Waals surface area contributed by atoms with E-state index in [4.69, 9.17) is 14.2 Å². The molecule has 0 heterocycles. The molecule has 0 N–H and O–H groups in total. The Morgan fingerprint density at radius 3 is 0.968 bits per heavy atom. The van der Waals surface area contributed by atoms with Crippen LogP contribution in [0.15, 0.2) is 72.9 Å². The lowest BCUT2D eigenvalue weighted by Crippen LogP contribution is -2.30. The lowest BCUT2D eigenvalue weighted by Gasteiger charge is -2.18. The highest BCUT2D eigenvalue weighted by atomic mass is 16.6. The molecule has 0 aromatic rings. The van der Waals surface area contributed by atoms with E-state index in [2.05, 4.69) is 93.7 Å². The SMILES string of the molecule is CCCC/C=C\C/C=C\CCCCCCCC(=O)OC(COC(=O)CCCCCCC/C=C\CCCC)COC(=O)CCCCCCCC/C=C\C/C=C\C/C=C\CCCCC. The molecule has 0 aliphatic heterocycles. The van der Waals surface area contributed by atoms with Crippen LogP contribution in [0.5, 0.6) is 0 Å². The molecule has 0 saturated heterocycles. The molecular formula is C56H96O6. The van der Waals surface area contributed by atoms with Gasteiger partial charge < -0.3 is 14.2 Å². The summed E-state index contributed by atoms with van der Waals surface area (Å²) in [5.74, 6) is -0.926. The first kappa shape index (κ1) is 58.9. The fourth-order valence-corrected chi connectivity index (χ4v) is 6.92. The molecule has 0 radical (unpaired) electrons. The van der Waals surface area contributed by atoms with Gasteiger partial charge in [0.05, 0.1) is 0 Å². The van der Waals surface area contributed by atoms with E-state index in [1.54, 1.807) is 0 Å². The van der Waals surface area contributed by atoms with Crippen LogP contribution in [0.4, 0.5) is 0 Å². The molecule has 0 bridgehead atoms. The summed E-state index contributed by atoms with van der Waals surface area (Å²) in [6.45, 7) is 6.50. The molecule has 1 atom stereocenters. The summed E-state index contributed by atoms with van der Waals surface area (Å²) in [5.41, 5.74) is 0. The Morgan fingerprint density at radius 2 is 0.597 bits per heavy atom. The Kier molecular flexibility index (Phi) is 47.9. The fourth-order valence-electron chi connectivity index (χ4n) is 6.92. The van der Waals surface area contributed by atoms with Crippen LogP contribution in [-0.2, 0) is 28.6 Å². The minimum absolute atomic E-state index is 0.0903. The van der Waals surface area contributed by atoms with Gasteiger partial charge >= 0.3 is 17.9 Å². The molecule has 0 spiro atoms. The Balaban J connectivity index is 4.40. The molecule has 0 aliphatic rings. The van der Waals surface area contributed by atoms with Crippen molar-refractivity contribution in [2.75, 3.05) is 13.2 Å².